The molecule has 0 saturated heterocycles. The first-order valence-corrected chi connectivity index (χ1v) is 10.0. The fourth-order valence-corrected chi connectivity index (χ4v) is 4.76. The minimum absolute atomic E-state index is 0.303. The largest absolute Gasteiger partial charge is 0.501 e. The van der Waals surface area contributed by atoms with E-state index in [4.69, 9.17) is 13.3 Å². The summed E-state index contributed by atoms with van der Waals surface area (Å²) in [7, 11) is -2.63. The Morgan fingerprint density at radius 1 is 0.800 bits per heavy atom. The van der Waals surface area contributed by atoms with E-state index in [9.17, 15) is 4.79 Å². The fraction of sp³-hybridized carbons (Fsp3) is 0.933. The van der Waals surface area contributed by atoms with E-state index < -0.39 is 8.80 Å². The third kappa shape index (κ3) is 8.84. The molecule has 0 aromatic rings. The molecular formula is C15H32O4Si. The second-order valence-electron chi connectivity index (χ2n) is 4.83. The quantitative estimate of drug-likeness (QED) is 0.360. The van der Waals surface area contributed by atoms with E-state index in [1.54, 1.807) is 0 Å². The molecule has 0 heterocycles. The number of rotatable bonds is 14. The minimum Gasteiger partial charge on any atom is -0.374 e. The van der Waals surface area contributed by atoms with Crippen LogP contribution in [0, 0.1) is 0 Å². The average molecular weight is 305 g/mol. The van der Waals surface area contributed by atoms with Gasteiger partial charge in [0, 0.05) is 38.7 Å². The van der Waals surface area contributed by atoms with Crippen LogP contribution in [0.1, 0.15) is 66.2 Å². The van der Waals surface area contributed by atoms with Crippen molar-refractivity contribution < 1.29 is 18.1 Å². The van der Waals surface area contributed by atoms with Gasteiger partial charge in [-0.3, -0.25) is 4.79 Å². The number of hydrogen-bond donors (Lipinski definition) is 0. The van der Waals surface area contributed by atoms with Crippen molar-refractivity contribution >= 4 is 14.6 Å². The minimum atomic E-state index is -2.63. The fourth-order valence-electron chi connectivity index (χ4n) is 2.17. The summed E-state index contributed by atoms with van der Waals surface area (Å²) in [5, 5.41) is 0. The molecule has 4 nitrogen and oxygen atoms in total. The lowest BCUT2D eigenvalue weighted by Crippen LogP contribution is -2.46. The molecular weight excluding hydrogens is 272 g/mol. The highest BCUT2D eigenvalue weighted by Gasteiger charge is 2.40. The topological polar surface area (TPSA) is 44.8 Å². The molecule has 0 aromatic heterocycles. The van der Waals surface area contributed by atoms with Crippen LogP contribution in [0.2, 0.25) is 6.04 Å². The lowest BCUT2D eigenvalue weighted by Gasteiger charge is -2.28. The van der Waals surface area contributed by atoms with Crippen molar-refractivity contribution in [2.45, 2.75) is 72.3 Å². The Labute approximate surface area is 125 Å². The van der Waals surface area contributed by atoms with Gasteiger partial charge in [0.2, 0.25) is 0 Å². The maximum Gasteiger partial charge on any atom is 0.501 e. The third-order valence-corrected chi connectivity index (χ3v) is 6.16. The van der Waals surface area contributed by atoms with Crippen molar-refractivity contribution in [2.75, 3.05) is 19.8 Å². The van der Waals surface area contributed by atoms with E-state index in [-0.39, 0.29) is 0 Å². The van der Waals surface area contributed by atoms with Crippen molar-refractivity contribution in [1.82, 2.24) is 0 Å². The molecule has 0 rings (SSSR count). The van der Waals surface area contributed by atoms with Crippen LogP contribution in [-0.2, 0) is 18.1 Å². The molecule has 0 N–H and O–H groups in total. The summed E-state index contributed by atoms with van der Waals surface area (Å²) in [6.45, 7) is 9.68. The summed E-state index contributed by atoms with van der Waals surface area (Å²) < 4.78 is 17.2. The van der Waals surface area contributed by atoms with Gasteiger partial charge in [-0.25, -0.2) is 0 Å². The van der Waals surface area contributed by atoms with E-state index in [1.165, 1.54) is 12.8 Å². The number of ketones is 1. The van der Waals surface area contributed by atoms with Crippen LogP contribution in [-0.4, -0.2) is 34.4 Å². The molecule has 0 fully saturated rings. The van der Waals surface area contributed by atoms with Crippen LogP contribution < -0.4 is 0 Å². The monoisotopic (exact) mass is 304 g/mol. The molecule has 20 heavy (non-hydrogen) atoms. The van der Waals surface area contributed by atoms with Crippen LogP contribution in [0.25, 0.3) is 0 Å². The number of hydrogen-bond acceptors (Lipinski definition) is 4. The van der Waals surface area contributed by atoms with E-state index in [1.807, 2.05) is 20.8 Å². The maximum atomic E-state index is 11.9. The molecule has 0 aromatic carbocycles. The van der Waals surface area contributed by atoms with Gasteiger partial charge in [-0.1, -0.05) is 26.2 Å². The second-order valence-corrected chi connectivity index (χ2v) is 7.56. The third-order valence-electron chi connectivity index (χ3n) is 3.11. The number of unbranched alkanes of at least 4 members (excludes halogenated alkanes) is 3. The summed E-state index contributed by atoms with van der Waals surface area (Å²) in [4.78, 5) is 11.9. The highest BCUT2D eigenvalue weighted by Crippen LogP contribution is 2.19. The van der Waals surface area contributed by atoms with Crippen LogP contribution in [0.5, 0.6) is 0 Å². The SMILES string of the molecule is CCCCCCC(=O)CC[Si](OCC)(OCC)OCC. The first-order chi connectivity index (χ1) is 9.64. The summed E-state index contributed by atoms with van der Waals surface area (Å²) in [6, 6.07) is 0.606. The zero-order valence-corrected chi connectivity index (χ0v) is 14.7. The van der Waals surface area contributed by atoms with Crippen molar-refractivity contribution in [2.24, 2.45) is 0 Å². The van der Waals surface area contributed by atoms with Gasteiger partial charge in [0.25, 0.3) is 0 Å². The van der Waals surface area contributed by atoms with Crippen LogP contribution in [0.3, 0.4) is 0 Å². The van der Waals surface area contributed by atoms with E-state index in [2.05, 4.69) is 6.92 Å². The van der Waals surface area contributed by atoms with Gasteiger partial charge in [-0.05, 0) is 27.2 Å². The summed E-state index contributed by atoms with van der Waals surface area (Å²) in [6.07, 6.45) is 5.74. The highest BCUT2D eigenvalue weighted by atomic mass is 28.4. The van der Waals surface area contributed by atoms with Crippen molar-refractivity contribution in [1.29, 1.82) is 0 Å². The number of carbonyl (C=O) groups excluding carboxylic acids is 1. The maximum absolute atomic E-state index is 11.9. The molecule has 0 aliphatic heterocycles. The molecule has 0 bridgehead atoms. The van der Waals surface area contributed by atoms with Gasteiger partial charge in [-0.2, -0.15) is 0 Å². The predicted octanol–water partition coefficient (Wildman–Crippen LogP) is 3.96. The Morgan fingerprint density at radius 2 is 1.35 bits per heavy atom. The first-order valence-electron chi connectivity index (χ1n) is 8.07. The van der Waals surface area contributed by atoms with Gasteiger partial charge in [0.15, 0.2) is 0 Å². The Balaban J connectivity index is 4.18. The van der Waals surface area contributed by atoms with Crippen molar-refractivity contribution in [3.63, 3.8) is 0 Å². The molecule has 0 spiro atoms. The van der Waals surface area contributed by atoms with Gasteiger partial charge < -0.3 is 13.3 Å². The van der Waals surface area contributed by atoms with Gasteiger partial charge >= 0.3 is 8.80 Å². The van der Waals surface area contributed by atoms with Gasteiger partial charge in [0.1, 0.15) is 5.78 Å². The van der Waals surface area contributed by atoms with E-state index >= 15 is 0 Å². The molecule has 0 unspecified atom stereocenters. The van der Waals surface area contributed by atoms with Crippen molar-refractivity contribution in [3.8, 4) is 0 Å². The summed E-state index contributed by atoms with van der Waals surface area (Å²) >= 11 is 0. The lowest BCUT2D eigenvalue weighted by atomic mass is 10.1. The van der Waals surface area contributed by atoms with E-state index in [0.717, 1.165) is 12.8 Å². The number of carbonyl (C=O) groups is 1. The Hall–Kier alpha value is -0.233. The molecule has 0 aliphatic carbocycles. The lowest BCUT2D eigenvalue weighted by molar-refractivity contribution is -0.119. The molecule has 0 radical (unpaired) electrons. The average Bonchev–Trinajstić information content (AvgIpc) is 2.42. The zero-order valence-electron chi connectivity index (χ0n) is 13.7. The standard InChI is InChI=1S/C15H32O4Si/c1-5-9-10-11-12-15(16)13-14-20(17-6-2,18-7-3)19-8-4/h5-14H2,1-4H3. The molecule has 0 saturated carbocycles. The van der Waals surface area contributed by atoms with Crippen LogP contribution in [0.4, 0.5) is 0 Å². The Kier molecular flexibility index (Phi) is 12.4. The zero-order chi connectivity index (χ0) is 15.3. The smallest absolute Gasteiger partial charge is 0.374 e. The normalized spacial score (nSPS) is 11.8. The van der Waals surface area contributed by atoms with Gasteiger partial charge in [-0.15, -0.1) is 0 Å². The first kappa shape index (κ1) is 19.8. The molecule has 5 heteroatoms. The summed E-state index contributed by atoms with van der Waals surface area (Å²) in [5.41, 5.74) is 0. The predicted molar refractivity (Wildman–Crippen MR) is 83.8 cm³/mol. The Bertz CT molecular complexity index is 229. The summed E-state index contributed by atoms with van der Waals surface area (Å²) in [5.74, 6) is 0.303. The molecule has 0 amide bonds. The van der Waals surface area contributed by atoms with Gasteiger partial charge in [0.05, 0.1) is 0 Å². The number of Topliss-reactive ketones (excluding diaryl/α,β-unsaturated/α-hetero) is 1. The second kappa shape index (κ2) is 12.5. The Morgan fingerprint density at radius 3 is 1.80 bits per heavy atom. The van der Waals surface area contributed by atoms with E-state index in [0.29, 0.717) is 44.5 Å². The molecule has 0 atom stereocenters. The van der Waals surface area contributed by atoms with Crippen molar-refractivity contribution in [3.05, 3.63) is 0 Å². The van der Waals surface area contributed by atoms with Crippen LogP contribution >= 0.6 is 0 Å². The molecule has 0 aliphatic rings. The molecule has 120 valence electrons. The highest BCUT2D eigenvalue weighted by molar-refractivity contribution is 6.61. The van der Waals surface area contributed by atoms with Crippen LogP contribution in [0.15, 0.2) is 0 Å².